The fraction of sp³-hybridized carbons (Fsp3) is 0.250. The third kappa shape index (κ3) is 3.45. The zero-order chi connectivity index (χ0) is 14.5. The van der Waals surface area contributed by atoms with E-state index < -0.39 is 0 Å². The van der Waals surface area contributed by atoms with Crippen molar-refractivity contribution in [3.8, 4) is 5.75 Å². The van der Waals surface area contributed by atoms with Gasteiger partial charge in [-0.3, -0.25) is 0 Å². The fourth-order valence-corrected chi connectivity index (χ4v) is 2.46. The molecule has 0 aliphatic rings. The van der Waals surface area contributed by atoms with Crippen molar-refractivity contribution in [3.05, 3.63) is 63.6 Å². The van der Waals surface area contributed by atoms with E-state index in [-0.39, 0.29) is 6.04 Å². The summed E-state index contributed by atoms with van der Waals surface area (Å²) >= 11 is 12.3. The first-order chi connectivity index (χ1) is 9.63. The van der Waals surface area contributed by atoms with Crippen LogP contribution in [-0.4, -0.2) is 0 Å². The molecule has 0 aliphatic carbocycles. The molecule has 0 aromatic heterocycles. The highest BCUT2D eigenvalue weighted by Crippen LogP contribution is 2.29. The van der Waals surface area contributed by atoms with Crippen LogP contribution in [0.25, 0.3) is 0 Å². The highest BCUT2D eigenvalue weighted by Gasteiger charge is 2.11. The number of hydrogen-bond donors (Lipinski definition) is 1. The third-order valence-electron chi connectivity index (χ3n) is 3.19. The van der Waals surface area contributed by atoms with Gasteiger partial charge in [-0.25, -0.2) is 0 Å². The van der Waals surface area contributed by atoms with E-state index in [1.54, 1.807) is 12.1 Å². The normalized spacial score (nSPS) is 12.2. The molecule has 2 aromatic carbocycles. The van der Waals surface area contributed by atoms with Crippen molar-refractivity contribution in [1.82, 2.24) is 0 Å². The topological polar surface area (TPSA) is 35.2 Å². The predicted molar refractivity (Wildman–Crippen MR) is 84.5 cm³/mol. The van der Waals surface area contributed by atoms with Crippen molar-refractivity contribution >= 4 is 23.2 Å². The molecular formula is C16H17Cl2NO. The van der Waals surface area contributed by atoms with Crippen molar-refractivity contribution in [1.29, 1.82) is 0 Å². The number of rotatable bonds is 5. The van der Waals surface area contributed by atoms with Gasteiger partial charge in [0.15, 0.2) is 0 Å². The lowest BCUT2D eigenvalue weighted by Gasteiger charge is -2.16. The van der Waals surface area contributed by atoms with Gasteiger partial charge in [0.25, 0.3) is 0 Å². The van der Waals surface area contributed by atoms with Gasteiger partial charge >= 0.3 is 0 Å². The molecule has 0 aliphatic heterocycles. The molecule has 0 saturated carbocycles. The van der Waals surface area contributed by atoms with E-state index in [0.29, 0.717) is 16.7 Å². The summed E-state index contributed by atoms with van der Waals surface area (Å²) in [5.41, 5.74) is 7.88. The van der Waals surface area contributed by atoms with E-state index in [0.717, 1.165) is 23.3 Å². The Hall–Kier alpha value is -1.22. The molecule has 0 amide bonds. The molecule has 0 unspecified atom stereocenters. The van der Waals surface area contributed by atoms with Crippen LogP contribution >= 0.6 is 23.2 Å². The number of benzene rings is 2. The van der Waals surface area contributed by atoms with Crippen LogP contribution in [0.3, 0.4) is 0 Å². The van der Waals surface area contributed by atoms with Crippen molar-refractivity contribution in [3.63, 3.8) is 0 Å². The summed E-state index contributed by atoms with van der Waals surface area (Å²) in [4.78, 5) is 0. The summed E-state index contributed by atoms with van der Waals surface area (Å²) in [7, 11) is 0. The van der Waals surface area contributed by atoms with Crippen molar-refractivity contribution in [2.75, 3.05) is 0 Å². The molecule has 1 atom stereocenters. The van der Waals surface area contributed by atoms with Crippen LogP contribution < -0.4 is 10.5 Å². The minimum Gasteiger partial charge on any atom is -0.488 e. The zero-order valence-corrected chi connectivity index (χ0v) is 12.8. The molecule has 0 saturated heterocycles. The summed E-state index contributed by atoms with van der Waals surface area (Å²) in [5, 5.41) is 1.21. The molecule has 2 rings (SSSR count). The monoisotopic (exact) mass is 309 g/mol. The predicted octanol–water partition coefficient (Wildman–Crippen LogP) is 4.98. The van der Waals surface area contributed by atoms with E-state index in [1.165, 1.54) is 0 Å². The maximum atomic E-state index is 6.14. The first-order valence-corrected chi connectivity index (χ1v) is 7.29. The standard InChI is InChI=1S/C16H17Cl2NO/c1-2-15(19)11-6-3-4-9-16(11)20-10-12-13(17)7-5-8-14(12)18/h3-9,15H,2,10,19H2,1H3/t15-/m0/s1. The molecule has 0 bridgehead atoms. The van der Waals surface area contributed by atoms with Crippen molar-refractivity contribution in [2.45, 2.75) is 26.0 Å². The number of para-hydroxylation sites is 1. The Balaban J connectivity index is 2.19. The van der Waals surface area contributed by atoms with Crippen molar-refractivity contribution in [2.24, 2.45) is 5.73 Å². The Kier molecular flexibility index (Phi) is 5.30. The maximum Gasteiger partial charge on any atom is 0.124 e. The molecule has 0 radical (unpaired) electrons. The molecule has 2 N–H and O–H groups in total. The van der Waals surface area contributed by atoms with E-state index in [1.807, 2.05) is 37.3 Å². The summed E-state index contributed by atoms with van der Waals surface area (Å²) in [6, 6.07) is 13.2. The van der Waals surface area contributed by atoms with Gasteiger partial charge in [0.2, 0.25) is 0 Å². The minimum absolute atomic E-state index is 0.0343. The van der Waals surface area contributed by atoms with Crippen LogP contribution in [-0.2, 0) is 6.61 Å². The zero-order valence-electron chi connectivity index (χ0n) is 11.3. The van der Waals surface area contributed by atoms with Gasteiger partial charge in [-0.1, -0.05) is 54.4 Å². The smallest absolute Gasteiger partial charge is 0.124 e. The summed E-state index contributed by atoms with van der Waals surface area (Å²) in [5.74, 6) is 0.776. The number of ether oxygens (including phenoxy) is 1. The summed E-state index contributed by atoms with van der Waals surface area (Å²) < 4.78 is 5.86. The maximum absolute atomic E-state index is 6.14. The van der Waals surface area contributed by atoms with Gasteiger partial charge in [-0.2, -0.15) is 0 Å². The van der Waals surface area contributed by atoms with Crippen molar-refractivity contribution < 1.29 is 4.74 Å². The molecule has 0 fully saturated rings. The molecule has 106 valence electrons. The van der Waals surface area contributed by atoms with Crippen LogP contribution in [0.15, 0.2) is 42.5 Å². The molecule has 4 heteroatoms. The van der Waals surface area contributed by atoms with E-state index in [2.05, 4.69) is 0 Å². The van der Waals surface area contributed by atoms with Gasteiger partial charge in [0, 0.05) is 27.2 Å². The lowest BCUT2D eigenvalue weighted by Crippen LogP contribution is -2.11. The summed E-state index contributed by atoms with van der Waals surface area (Å²) in [6.45, 7) is 2.37. The van der Waals surface area contributed by atoms with E-state index in [9.17, 15) is 0 Å². The largest absolute Gasteiger partial charge is 0.488 e. The molecule has 20 heavy (non-hydrogen) atoms. The average molecular weight is 310 g/mol. The quantitative estimate of drug-likeness (QED) is 0.845. The molecule has 2 aromatic rings. The average Bonchev–Trinajstić information content (AvgIpc) is 2.46. The van der Waals surface area contributed by atoms with E-state index in [4.69, 9.17) is 33.7 Å². The number of halogens is 2. The van der Waals surface area contributed by atoms with Crippen LogP contribution in [0, 0.1) is 0 Å². The SMILES string of the molecule is CC[C@H](N)c1ccccc1OCc1c(Cl)cccc1Cl. The molecule has 2 nitrogen and oxygen atoms in total. The molecule has 0 heterocycles. The van der Waals surface area contributed by atoms with Crippen LogP contribution in [0.1, 0.15) is 30.5 Å². The molecular weight excluding hydrogens is 293 g/mol. The minimum atomic E-state index is -0.0343. The Morgan fingerprint density at radius 3 is 2.35 bits per heavy atom. The second-order valence-electron chi connectivity index (χ2n) is 4.54. The first kappa shape index (κ1) is 15.2. The molecule has 0 spiro atoms. The second kappa shape index (κ2) is 6.98. The fourth-order valence-electron chi connectivity index (χ4n) is 1.96. The highest BCUT2D eigenvalue weighted by molar-refractivity contribution is 6.35. The number of nitrogens with two attached hydrogens (primary N) is 1. The first-order valence-electron chi connectivity index (χ1n) is 6.53. The second-order valence-corrected chi connectivity index (χ2v) is 5.36. The highest BCUT2D eigenvalue weighted by atomic mass is 35.5. The van der Waals surface area contributed by atoms with E-state index >= 15 is 0 Å². The Bertz CT molecular complexity index is 566. The van der Waals surface area contributed by atoms with Gasteiger partial charge in [0.1, 0.15) is 12.4 Å². The van der Waals surface area contributed by atoms with Gasteiger partial charge < -0.3 is 10.5 Å². The lowest BCUT2D eigenvalue weighted by molar-refractivity contribution is 0.301. The van der Waals surface area contributed by atoms with Gasteiger partial charge in [-0.15, -0.1) is 0 Å². The Morgan fingerprint density at radius 1 is 1.05 bits per heavy atom. The van der Waals surface area contributed by atoms with Gasteiger partial charge in [-0.05, 0) is 24.6 Å². The van der Waals surface area contributed by atoms with Crippen LogP contribution in [0.2, 0.25) is 10.0 Å². The van der Waals surface area contributed by atoms with Crippen LogP contribution in [0.5, 0.6) is 5.75 Å². The van der Waals surface area contributed by atoms with Gasteiger partial charge in [0.05, 0.1) is 0 Å². The Labute approximate surface area is 129 Å². The Morgan fingerprint density at radius 2 is 1.70 bits per heavy atom. The lowest BCUT2D eigenvalue weighted by atomic mass is 10.0. The third-order valence-corrected chi connectivity index (χ3v) is 3.90. The number of hydrogen-bond acceptors (Lipinski definition) is 2. The summed E-state index contributed by atoms with van der Waals surface area (Å²) in [6.07, 6.45) is 0.854. The van der Waals surface area contributed by atoms with Crippen LogP contribution in [0.4, 0.5) is 0 Å².